The number of amides is 1. The van der Waals surface area contributed by atoms with Crippen LogP contribution in [0, 0.1) is 19.8 Å². The lowest BCUT2D eigenvalue weighted by atomic mass is 9.85. The largest absolute Gasteiger partial charge is 0.480 e. The van der Waals surface area contributed by atoms with Crippen molar-refractivity contribution in [3.05, 3.63) is 76.9 Å². The molecular weight excluding hydrogens is 548 g/mol. The van der Waals surface area contributed by atoms with Gasteiger partial charge in [-0.3, -0.25) is 4.79 Å². The molecule has 1 aliphatic rings. The molecule has 1 fully saturated rings. The lowest BCUT2D eigenvalue weighted by Crippen LogP contribution is -2.41. The number of aryl methyl sites for hydroxylation is 2. The predicted molar refractivity (Wildman–Crippen MR) is 166 cm³/mol. The quantitative estimate of drug-likeness (QED) is 0.213. The minimum absolute atomic E-state index is 0.209. The van der Waals surface area contributed by atoms with Crippen LogP contribution in [0.1, 0.15) is 90.5 Å². The van der Waals surface area contributed by atoms with Gasteiger partial charge in [-0.2, -0.15) is 16.9 Å². The molecule has 2 aromatic carbocycles. The normalized spacial score (nSPS) is 15.2. The van der Waals surface area contributed by atoms with E-state index in [0.29, 0.717) is 30.2 Å². The van der Waals surface area contributed by atoms with Gasteiger partial charge in [0.1, 0.15) is 18.0 Å². The summed E-state index contributed by atoms with van der Waals surface area (Å²) in [5.74, 6) is 0.544. The van der Waals surface area contributed by atoms with Gasteiger partial charge in [-0.05, 0) is 85.4 Å². The van der Waals surface area contributed by atoms with Crippen LogP contribution >= 0.6 is 11.8 Å². The van der Waals surface area contributed by atoms with Crippen LogP contribution in [-0.2, 0) is 16.1 Å². The van der Waals surface area contributed by atoms with E-state index in [1.54, 1.807) is 24.0 Å². The zero-order valence-electron chi connectivity index (χ0n) is 24.8. The molecule has 4 rings (SSSR count). The van der Waals surface area contributed by atoms with E-state index in [1.165, 1.54) is 32.1 Å². The number of carboxylic acid groups (broad SMARTS) is 1. The van der Waals surface area contributed by atoms with Gasteiger partial charge in [0, 0.05) is 5.56 Å². The first kappa shape index (κ1) is 31.6. The predicted octanol–water partition coefficient (Wildman–Crippen LogP) is 6.71. The van der Waals surface area contributed by atoms with Crippen LogP contribution in [0.25, 0.3) is 11.1 Å². The SMILES string of the molecule is CSCCC(NC(=O)c1ccc(COC(CCC2CCCCC2)c2cnnc(C)n2)cc1-c1ccccc1C)C(=O)O. The average Bonchev–Trinajstić information content (AvgIpc) is 2.99. The topological polar surface area (TPSA) is 114 Å². The van der Waals surface area contributed by atoms with Crippen molar-refractivity contribution in [2.75, 3.05) is 12.0 Å². The number of nitrogens with zero attached hydrogens (tertiary/aromatic N) is 3. The molecule has 0 radical (unpaired) electrons. The number of aromatic nitrogens is 3. The highest BCUT2D eigenvalue weighted by molar-refractivity contribution is 7.98. The van der Waals surface area contributed by atoms with Crippen LogP contribution in [0.3, 0.4) is 0 Å². The van der Waals surface area contributed by atoms with Gasteiger partial charge in [-0.25, -0.2) is 9.78 Å². The van der Waals surface area contributed by atoms with Crippen molar-refractivity contribution in [3.63, 3.8) is 0 Å². The van der Waals surface area contributed by atoms with Crippen LogP contribution < -0.4 is 5.32 Å². The zero-order chi connectivity index (χ0) is 29.9. The number of hydrogen-bond acceptors (Lipinski definition) is 7. The number of carbonyl (C=O) groups is 2. The number of carbonyl (C=O) groups excluding carboxylic acids is 1. The van der Waals surface area contributed by atoms with E-state index in [1.807, 2.05) is 56.5 Å². The van der Waals surface area contributed by atoms with Gasteiger partial charge >= 0.3 is 5.97 Å². The Morgan fingerprint density at radius 3 is 2.57 bits per heavy atom. The van der Waals surface area contributed by atoms with E-state index >= 15 is 0 Å². The molecule has 1 amide bonds. The Morgan fingerprint density at radius 1 is 1.07 bits per heavy atom. The summed E-state index contributed by atoms with van der Waals surface area (Å²) in [6.45, 7) is 4.18. The molecule has 3 aromatic rings. The third kappa shape index (κ3) is 8.85. The van der Waals surface area contributed by atoms with E-state index in [9.17, 15) is 14.7 Å². The molecule has 42 heavy (non-hydrogen) atoms. The standard InChI is InChI=1S/C33H42N4O4S/c1-22-9-7-8-12-26(22)28-19-25(13-15-27(28)32(38)36-29(33(39)40)17-18-42-3)21-41-31(30-20-34-37-23(2)35-30)16-14-24-10-5-4-6-11-24/h7-9,12-13,15,19-20,24,29,31H,4-6,10-11,14,16-18,21H2,1-3H3,(H,36,38)(H,39,40). The van der Waals surface area contributed by atoms with E-state index in [2.05, 4.69) is 20.5 Å². The molecule has 1 aliphatic carbocycles. The molecule has 0 aliphatic heterocycles. The Morgan fingerprint density at radius 2 is 1.86 bits per heavy atom. The van der Waals surface area contributed by atoms with E-state index in [4.69, 9.17) is 4.74 Å². The van der Waals surface area contributed by atoms with E-state index in [-0.39, 0.29) is 6.10 Å². The number of nitrogens with one attached hydrogen (secondary N) is 1. The molecule has 1 aromatic heterocycles. The second-order valence-electron chi connectivity index (χ2n) is 11.2. The third-order valence-corrected chi connectivity index (χ3v) is 8.65. The number of thioether (sulfide) groups is 1. The number of benzene rings is 2. The van der Waals surface area contributed by atoms with Crippen LogP contribution in [0.15, 0.2) is 48.7 Å². The van der Waals surface area contributed by atoms with Crippen molar-refractivity contribution in [1.82, 2.24) is 20.5 Å². The first-order valence-electron chi connectivity index (χ1n) is 14.8. The third-order valence-electron chi connectivity index (χ3n) is 8.00. The Kier molecular flexibility index (Phi) is 11.9. The molecule has 2 N–H and O–H groups in total. The van der Waals surface area contributed by atoms with Crippen LogP contribution in [0.2, 0.25) is 0 Å². The van der Waals surface area contributed by atoms with Crippen molar-refractivity contribution in [3.8, 4) is 11.1 Å². The van der Waals surface area contributed by atoms with Gasteiger partial charge in [0.05, 0.1) is 18.5 Å². The average molecular weight is 591 g/mol. The Bertz CT molecular complexity index is 1350. The summed E-state index contributed by atoms with van der Waals surface area (Å²) in [5.41, 5.74) is 4.84. The summed E-state index contributed by atoms with van der Waals surface area (Å²) in [5, 5.41) is 20.6. The van der Waals surface area contributed by atoms with Gasteiger partial charge in [0.25, 0.3) is 5.91 Å². The number of carboxylic acids is 1. The van der Waals surface area contributed by atoms with Crippen LogP contribution in [0.5, 0.6) is 0 Å². The minimum Gasteiger partial charge on any atom is -0.480 e. The molecule has 2 unspecified atom stereocenters. The highest BCUT2D eigenvalue weighted by atomic mass is 32.2. The van der Waals surface area contributed by atoms with Gasteiger partial charge in [0.2, 0.25) is 0 Å². The summed E-state index contributed by atoms with van der Waals surface area (Å²) in [6, 6.07) is 12.6. The van der Waals surface area contributed by atoms with Crippen LogP contribution in [-0.4, -0.2) is 50.2 Å². The Balaban J connectivity index is 1.58. The molecular formula is C33H42N4O4S. The van der Waals surface area contributed by atoms with Gasteiger partial charge in [-0.1, -0.05) is 62.4 Å². The lowest BCUT2D eigenvalue weighted by Gasteiger charge is -2.24. The number of aliphatic carboxylic acids is 1. The smallest absolute Gasteiger partial charge is 0.326 e. The van der Waals surface area contributed by atoms with Gasteiger partial charge in [0.15, 0.2) is 0 Å². The summed E-state index contributed by atoms with van der Waals surface area (Å²) in [7, 11) is 0. The van der Waals surface area contributed by atoms with Crippen molar-refractivity contribution < 1.29 is 19.4 Å². The monoisotopic (exact) mass is 590 g/mol. The minimum atomic E-state index is -1.03. The first-order chi connectivity index (χ1) is 20.4. The second-order valence-corrected chi connectivity index (χ2v) is 12.1. The maximum absolute atomic E-state index is 13.4. The van der Waals surface area contributed by atoms with Crippen LogP contribution in [0.4, 0.5) is 0 Å². The molecule has 0 bridgehead atoms. The highest BCUT2D eigenvalue weighted by Gasteiger charge is 2.24. The van der Waals surface area contributed by atoms with Gasteiger partial charge in [-0.15, -0.1) is 5.10 Å². The van der Waals surface area contributed by atoms with E-state index < -0.39 is 17.9 Å². The Labute approximate surface area is 253 Å². The van der Waals surface area contributed by atoms with E-state index in [0.717, 1.165) is 46.7 Å². The summed E-state index contributed by atoms with van der Waals surface area (Å²) in [6.07, 6.45) is 12.2. The van der Waals surface area contributed by atoms with Crippen molar-refractivity contribution in [2.24, 2.45) is 5.92 Å². The summed E-state index contributed by atoms with van der Waals surface area (Å²) >= 11 is 1.55. The Hall–Kier alpha value is -3.30. The molecule has 1 saturated carbocycles. The molecule has 0 spiro atoms. The highest BCUT2D eigenvalue weighted by Crippen LogP contribution is 2.33. The maximum atomic E-state index is 13.4. The van der Waals surface area contributed by atoms with Crippen molar-refractivity contribution in [2.45, 2.75) is 84.0 Å². The fraction of sp³-hybridized carbons (Fsp3) is 0.485. The number of rotatable bonds is 14. The fourth-order valence-corrected chi connectivity index (χ4v) is 6.12. The molecule has 1 heterocycles. The molecule has 0 saturated heterocycles. The number of hydrogen-bond donors (Lipinski definition) is 2. The molecule has 8 nitrogen and oxygen atoms in total. The molecule has 9 heteroatoms. The fourth-order valence-electron chi connectivity index (χ4n) is 5.65. The maximum Gasteiger partial charge on any atom is 0.326 e. The molecule has 2 atom stereocenters. The lowest BCUT2D eigenvalue weighted by molar-refractivity contribution is -0.139. The summed E-state index contributed by atoms with van der Waals surface area (Å²) in [4.78, 5) is 29.9. The molecule has 224 valence electrons. The second kappa shape index (κ2) is 15.8. The summed E-state index contributed by atoms with van der Waals surface area (Å²) < 4.78 is 6.51. The van der Waals surface area contributed by atoms with Crippen molar-refractivity contribution >= 4 is 23.6 Å². The number of ether oxygens (including phenoxy) is 1. The first-order valence-corrected chi connectivity index (χ1v) is 16.2. The van der Waals surface area contributed by atoms with Crippen molar-refractivity contribution in [1.29, 1.82) is 0 Å². The zero-order valence-corrected chi connectivity index (χ0v) is 25.7. The van der Waals surface area contributed by atoms with Gasteiger partial charge < -0.3 is 15.2 Å².